The van der Waals surface area contributed by atoms with E-state index in [1.165, 1.54) is 20.1 Å². The number of fused-ring (bicyclic) bond motifs is 2. The summed E-state index contributed by atoms with van der Waals surface area (Å²) in [4.78, 5) is 38.5. The number of amides is 3. The maximum atomic E-state index is 15.1. The predicted molar refractivity (Wildman–Crippen MR) is 126 cm³/mol. The number of hydrogen-bond donors (Lipinski definition) is 2. The minimum absolute atomic E-state index is 0.106. The molecule has 8 heteroatoms. The summed E-state index contributed by atoms with van der Waals surface area (Å²) in [5.74, 6) is -1.05. The van der Waals surface area contributed by atoms with Crippen molar-refractivity contribution in [3.8, 4) is 11.1 Å². The first-order valence-corrected chi connectivity index (χ1v) is 11.4. The number of halogens is 1. The third-order valence-corrected chi connectivity index (χ3v) is 6.42. The Kier molecular flexibility index (Phi) is 6.95. The van der Waals surface area contributed by atoms with Gasteiger partial charge in [-0.3, -0.25) is 4.79 Å². The Morgan fingerprint density at radius 3 is 2.44 bits per heavy atom. The lowest BCUT2D eigenvalue weighted by molar-refractivity contribution is -0.136. The number of methoxy groups -OCH3 is 1. The van der Waals surface area contributed by atoms with Crippen LogP contribution in [0.25, 0.3) is 16.7 Å². The predicted octanol–water partition coefficient (Wildman–Crippen LogP) is 3.50. The Morgan fingerprint density at radius 2 is 1.76 bits per heavy atom. The number of benzene rings is 2. The van der Waals surface area contributed by atoms with Gasteiger partial charge in [0.2, 0.25) is 5.91 Å². The average molecular weight is 466 g/mol. The Bertz CT molecular complexity index is 1130. The summed E-state index contributed by atoms with van der Waals surface area (Å²) in [7, 11) is 1.31. The van der Waals surface area contributed by atoms with E-state index in [1.54, 1.807) is 11.0 Å². The topological polar surface area (TPSA) is 87.7 Å². The molecule has 3 amide bonds. The van der Waals surface area contributed by atoms with E-state index in [0.29, 0.717) is 36.1 Å². The van der Waals surface area contributed by atoms with Gasteiger partial charge in [0.25, 0.3) is 0 Å². The Balaban J connectivity index is 1.63. The minimum atomic E-state index is -0.510. The van der Waals surface area contributed by atoms with Crippen molar-refractivity contribution in [2.24, 2.45) is 0 Å². The molecule has 4 rings (SSSR count). The molecule has 0 aromatic heterocycles. The van der Waals surface area contributed by atoms with Crippen molar-refractivity contribution < 1.29 is 23.5 Å². The lowest BCUT2D eigenvalue weighted by atomic mass is 9.87. The second-order valence-corrected chi connectivity index (χ2v) is 8.52. The zero-order valence-corrected chi connectivity index (χ0v) is 19.3. The van der Waals surface area contributed by atoms with E-state index in [-0.39, 0.29) is 30.3 Å². The molecule has 178 valence electrons. The van der Waals surface area contributed by atoms with Crippen LogP contribution >= 0.6 is 0 Å². The number of carbonyl (C=O) groups excluding carboxylic acids is 3. The molecule has 2 heterocycles. The smallest absolute Gasteiger partial charge is 0.336 e. The molecule has 7 nitrogen and oxygen atoms in total. The van der Waals surface area contributed by atoms with Crippen molar-refractivity contribution in [2.45, 2.75) is 38.3 Å². The molecular weight excluding hydrogens is 437 g/mol. The summed E-state index contributed by atoms with van der Waals surface area (Å²) in [5.41, 5.74) is 3.02. The molecule has 0 radical (unpaired) electrons. The van der Waals surface area contributed by atoms with Crippen LogP contribution in [0.15, 0.2) is 54.1 Å². The normalized spacial score (nSPS) is 19.1. The molecule has 0 unspecified atom stereocenters. The van der Waals surface area contributed by atoms with Gasteiger partial charge in [-0.25, -0.2) is 14.0 Å². The molecule has 2 bridgehead atoms. The molecule has 0 spiro atoms. The van der Waals surface area contributed by atoms with E-state index in [9.17, 15) is 14.4 Å². The van der Waals surface area contributed by atoms with E-state index in [4.69, 9.17) is 4.74 Å². The van der Waals surface area contributed by atoms with Gasteiger partial charge in [-0.2, -0.15) is 0 Å². The van der Waals surface area contributed by atoms with E-state index < -0.39 is 12.0 Å². The van der Waals surface area contributed by atoms with Gasteiger partial charge in [-0.15, -0.1) is 0 Å². The maximum Gasteiger partial charge on any atom is 0.336 e. The highest BCUT2D eigenvalue weighted by molar-refractivity contribution is 6.01. The van der Waals surface area contributed by atoms with Crippen molar-refractivity contribution in [3.63, 3.8) is 0 Å². The molecule has 2 aromatic carbocycles. The second-order valence-electron chi connectivity index (χ2n) is 8.52. The van der Waals surface area contributed by atoms with Crippen LogP contribution in [0.2, 0.25) is 0 Å². The van der Waals surface area contributed by atoms with Crippen LogP contribution in [0.3, 0.4) is 0 Å². The summed E-state index contributed by atoms with van der Waals surface area (Å²) >= 11 is 0. The zero-order chi connectivity index (χ0) is 24.2. The van der Waals surface area contributed by atoms with Crippen LogP contribution in [-0.4, -0.2) is 55.1 Å². The third kappa shape index (κ3) is 4.66. The highest BCUT2D eigenvalue weighted by atomic mass is 19.1. The fourth-order valence-electron chi connectivity index (χ4n) is 4.92. The summed E-state index contributed by atoms with van der Waals surface area (Å²) < 4.78 is 20.2. The van der Waals surface area contributed by atoms with Gasteiger partial charge in [0.05, 0.1) is 18.7 Å². The number of carbonyl (C=O) groups is 3. The summed E-state index contributed by atoms with van der Waals surface area (Å²) in [6, 6.07) is 13.5. The largest absolute Gasteiger partial charge is 0.466 e. The summed E-state index contributed by atoms with van der Waals surface area (Å²) in [6.45, 7) is 2.02. The molecule has 0 aliphatic carbocycles. The van der Waals surface area contributed by atoms with Crippen molar-refractivity contribution in [1.82, 2.24) is 15.5 Å². The van der Waals surface area contributed by atoms with Crippen LogP contribution in [0.4, 0.5) is 9.18 Å². The fraction of sp³-hybridized carbons (Fsp3) is 0.346. The number of nitrogens with zero attached hydrogens (tertiary/aromatic N) is 1. The molecular formula is C26H28FN3O4. The molecule has 2 N–H and O–H groups in total. The average Bonchev–Trinajstić information content (AvgIpc) is 3.15. The van der Waals surface area contributed by atoms with Crippen LogP contribution < -0.4 is 10.6 Å². The van der Waals surface area contributed by atoms with Crippen LogP contribution in [-0.2, 0) is 14.3 Å². The number of urea groups is 1. The summed E-state index contributed by atoms with van der Waals surface area (Å²) in [5, 5.41) is 5.45. The highest BCUT2D eigenvalue weighted by Crippen LogP contribution is 2.44. The summed E-state index contributed by atoms with van der Waals surface area (Å²) in [6.07, 6.45) is 1.80. The first-order chi connectivity index (χ1) is 16.4. The van der Waals surface area contributed by atoms with E-state index in [1.807, 2.05) is 36.4 Å². The van der Waals surface area contributed by atoms with Gasteiger partial charge in [-0.05, 0) is 42.0 Å². The van der Waals surface area contributed by atoms with Gasteiger partial charge in [0.15, 0.2) is 0 Å². The molecule has 0 saturated carbocycles. The standard InChI is InChI=1S/C26H28FN3O4/c1-16(31)28-12-13-29-26(33)30-19-9-11-23(30)24(25(32)34-2)21(15-19)18-8-10-20(22(27)14-18)17-6-4-3-5-7-17/h3-8,10,14,19,23H,9,11-13,15H2,1-2H3,(H,28,31)(H,29,33)/t19-,23+/m0/s1. The minimum Gasteiger partial charge on any atom is -0.466 e. The molecule has 2 aliphatic rings. The van der Waals surface area contributed by atoms with Crippen molar-refractivity contribution >= 4 is 23.5 Å². The number of esters is 1. The van der Waals surface area contributed by atoms with Gasteiger partial charge in [0, 0.05) is 31.6 Å². The number of hydrogen-bond acceptors (Lipinski definition) is 4. The molecule has 2 aliphatic heterocycles. The van der Waals surface area contributed by atoms with Gasteiger partial charge in [0.1, 0.15) is 5.82 Å². The molecule has 1 fully saturated rings. The number of rotatable bonds is 6. The van der Waals surface area contributed by atoms with Crippen LogP contribution in [0.1, 0.15) is 31.7 Å². The second kappa shape index (κ2) is 10.1. The van der Waals surface area contributed by atoms with E-state index in [0.717, 1.165) is 17.6 Å². The third-order valence-electron chi connectivity index (χ3n) is 6.42. The molecule has 2 aromatic rings. The SMILES string of the molecule is COC(=O)C1=C(c2ccc(-c3ccccc3)c(F)c2)C[C@@H]2CC[C@H]1N2C(=O)NCCNC(C)=O. The Morgan fingerprint density at radius 1 is 1.03 bits per heavy atom. The zero-order valence-electron chi connectivity index (χ0n) is 19.3. The van der Waals surface area contributed by atoms with Crippen molar-refractivity contribution in [3.05, 3.63) is 65.5 Å². The number of nitrogens with one attached hydrogen (secondary N) is 2. The number of ether oxygens (including phenoxy) is 1. The Labute approximate surface area is 198 Å². The quantitative estimate of drug-likeness (QED) is 0.505. The van der Waals surface area contributed by atoms with E-state index in [2.05, 4.69) is 10.6 Å². The van der Waals surface area contributed by atoms with Gasteiger partial charge >= 0.3 is 12.0 Å². The Hall–Kier alpha value is -3.68. The van der Waals surface area contributed by atoms with Crippen LogP contribution in [0.5, 0.6) is 0 Å². The van der Waals surface area contributed by atoms with Crippen molar-refractivity contribution in [2.75, 3.05) is 20.2 Å². The monoisotopic (exact) mass is 465 g/mol. The van der Waals surface area contributed by atoms with E-state index >= 15 is 4.39 Å². The molecule has 2 atom stereocenters. The molecule has 1 saturated heterocycles. The fourth-order valence-corrected chi connectivity index (χ4v) is 4.92. The maximum absolute atomic E-state index is 15.1. The van der Waals surface area contributed by atoms with Gasteiger partial charge < -0.3 is 20.3 Å². The molecule has 34 heavy (non-hydrogen) atoms. The highest BCUT2D eigenvalue weighted by Gasteiger charge is 2.46. The van der Waals surface area contributed by atoms with Gasteiger partial charge in [-0.1, -0.05) is 42.5 Å². The lowest BCUT2D eigenvalue weighted by Crippen LogP contribution is -2.51. The van der Waals surface area contributed by atoms with Crippen molar-refractivity contribution in [1.29, 1.82) is 0 Å². The first kappa shape index (κ1) is 23.5. The van der Waals surface area contributed by atoms with Crippen LogP contribution in [0, 0.1) is 5.82 Å². The first-order valence-electron chi connectivity index (χ1n) is 11.4. The lowest BCUT2D eigenvalue weighted by Gasteiger charge is -2.37.